The molecule has 0 unspecified atom stereocenters. The number of fused-ring (bicyclic) bond motifs is 1. The summed E-state index contributed by atoms with van der Waals surface area (Å²) >= 11 is 2.92. The highest BCUT2D eigenvalue weighted by atomic mass is 32.1. The van der Waals surface area contributed by atoms with Crippen LogP contribution >= 0.6 is 22.7 Å². The standard InChI is InChI=1S/C18H15N5OS2/c1-11-5-4-6-13-16(11)23-18(26-13)22-15(24)9-12-10-25-17(20-12)21-14-7-2-3-8-19-14/h2-8,10H,9H2,1H3,(H,19,20,21)(H,22,23,24). The van der Waals surface area contributed by atoms with Crippen LogP contribution in [0.25, 0.3) is 10.2 Å². The van der Waals surface area contributed by atoms with E-state index in [1.165, 1.54) is 22.7 Å². The highest BCUT2D eigenvalue weighted by Crippen LogP contribution is 2.28. The minimum atomic E-state index is -0.128. The van der Waals surface area contributed by atoms with E-state index in [-0.39, 0.29) is 12.3 Å². The van der Waals surface area contributed by atoms with Gasteiger partial charge in [0.15, 0.2) is 10.3 Å². The van der Waals surface area contributed by atoms with Crippen LogP contribution in [0.4, 0.5) is 16.1 Å². The summed E-state index contributed by atoms with van der Waals surface area (Å²) in [7, 11) is 0. The number of aromatic nitrogens is 3. The van der Waals surface area contributed by atoms with Crippen LogP contribution in [0.5, 0.6) is 0 Å². The summed E-state index contributed by atoms with van der Waals surface area (Å²) in [5.41, 5.74) is 2.75. The second kappa shape index (κ2) is 7.19. The van der Waals surface area contributed by atoms with Crippen molar-refractivity contribution >= 4 is 54.9 Å². The van der Waals surface area contributed by atoms with Gasteiger partial charge in [-0.05, 0) is 30.7 Å². The maximum atomic E-state index is 12.3. The molecule has 4 aromatic rings. The van der Waals surface area contributed by atoms with E-state index in [4.69, 9.17) is 0 Å². The van der Waals surface area contributed by atoms with Gasteiger partial charge in [0.2, 0.25) is 5.91 Å². The average Bonchev–Trinajstić information content (AvgIpc) is 3.23. The molecule has 26 heavy (non-hydrogen) atoms. The quantitative estimate of drug-likeness (QED) is 0.536. The van der Waals surface area contributed by atoms with Crippen LogP contribution in [0.15, 0.2) is 48.0 Å². The molecule has 0 aliphatic heterocycles. The number of carbonyl (C=O) groups is 1. The number of aryl methyl sites for hydroxylation is 1. The molecule has 3 heterocycles. The first kappa shape index (κ1) is 16.6. The van der Waals surface area contributed by atoms with Crippen LogP contribution in [0, 0.1) is 6.92 Å². The largest absolute Gasteiger partial charge is 0.316 e. The predicted octanol–water partition coefficient (Wildman–Crippen LogP) is 4.38. The van der Waals surface area contributed by atoms with Crippen molar-refractivity contribution in [2.45, 2.75) is 13.3 Å². The lowest BCUT2D eigenvalue weighted by Gasteiger charge is -2.00. The lowest BCUT2D eigenvalue weighted by molar-refractivity contribution is -0.115. The molecular weight excluding hydrogens is 366 g/mol. The molecule has 1 aromatic carbocycles. The minimum absolute atomic E-state index is 0.128. The lowest BCUT2D eigenvalue weighted by atomic mass is 10.2. The molecule has 0 aliphatic carbocycles. The van der Waals surface area contributed by atoms with Crippen LogP contribution in [-0.4, -0.2) is 20.9 Å². The van der Waals surface area contributed by atoms with Crippen molar-refractivity contribution in [1.82, 2.24) is 15.0 Å². The molecule has 0 saturated carbocycles. The molecule has 0 fully saturated rings. The number of thiazole rings is 2. The first-order chi connectivity index (χ1) is 12.7. The fourth-order valence-corrected chi connectivity index (χ4v) is 4.14. The van der Waals surface area contributed by atoms with E-state index < -0.39 is 0 Å². The van der Waals surface area contributed by atoms with Crippen LogP contribution in [-0.2, 0) is 11.2 Å². The minimum Gasteiger partial charge on any atom is -0.316 e. The van der Waals surface area contributed by atoms with Gasteiger partial charge < -0.3 is 10.6 Å². The SMILES string of the molecule is Cc1cccc2sc(NC(=O)Cc3csc(Nc4ccccn4)n3)nc12. The summed E-state index contributed by atoms with van der Waals surface area (Å²) in [5.74, 6) is 0.596. The van der Waals surface area contributed by atoms with Gasteiger partial charge in [-0.1, -0.05) is 29.5 Å². The summed E-state index contributed by atoms with van der Waals surface area (Å²) in [6.45, 7) is 2.01. The molecule has 0 aliphatic rings. The zero-order valence-corrected chi connectivity index (χ0v) is 15.5. The van der Waals surface area contributed by atoms with Gasteiger partial charge in [0.25, 0.3) is 0 Å². The fourth-order valence-electron chi connectivity index (χ4n) is 2.46. The lowest BCUT2D eigenvalue weighted by Crippen LogP contribution is -2.14. The Hall–Kier alpha value is -2.84. The molecule has 8 heteroatoms. The van der Waals surface area contributed by atoms with E-state index in [9.17, 15) is 4.79 Å². The van der Waals surface area contributed by atoms with Crippen molar-refractivity contribution in [2.75, 3.05) is 10.6 Å². The summed E-state index contributed by atoms with van der Waals surface area (Å²) < 4.78 is 1.07. The van der Waals surface area contributed by atoms with Crippen molar-refractivity contribution in [3.8, 4) is 0 Å². The Bertz CT molecular complexity index is 1060. The third-order valence-electron chi connectivity index (χ3n) is 3.66. The molecule has 0 radical (unpaired) electrons. The highest BCUT2D eigenvalue weighted by Gasteiger charge is 2.12. The highest BCUT2D eigenvalue weighted by molar-refractivity contribution is 7.22. The molecule has 130 valence electrons. The number of anilines is 3. The van der Waals surface area contributed by atoms with Crippen molar-refractivity contribution < 1.29 is 4.79 Å². The molecule has 2 N–H and O–H groups in total. The zero-order chi connectivity index (χ0) is 17.9. The Balaban J connectivity index is 1.41. The smallest absolute Gasteiger partial charge is 0.232 e. The van der Waals surface area contributed by atoms with E-state index in [0.29, 0.717) is 16.0 Å². The summed E-state index contributed by atoms with van der Waals surface area (Å²) in [4.78, 5) is 25.4. The van der Waals surface area contributed by atoms with E-state index in [1.54, 1.807) is 6.20 Å². The second-order valence-corrected chi connectivity index (χ2v) is 7.54. The number of nitrogens with one attached hydrogen (secondary N) is 2. The molecule has 0 saturated heterocycles. The van der Waals surface area contributed by atoms with Crippen molar-refractivity contribution in [3.05, 3.63) is 59.2 Å². The monoisotopic (exact) mass is 381 g/mol. The Morgan fingerprint density at radius 2 is 2.04 bits per heavy atom. The molecule has 0 spiro atoms. The number of carbonyl (C=O) groups excluding carboxylic acids is 1. The maximum Gasteiger partial charge on any atom is 0.232 e. The van der Waals surface area contributed by atoms with E-state index in [2.05, 4.69) is 25.6 Å². The van der Waals surface area contributed by atoms with Crippen molar-refractivity contribution in [1.29, 1.82) is 0 Å². The number of amides is 1. The van der Waals surface area contributed by atoms with Gasteiger partial charge >= 0.3 is 0 Å². The van der Waals surface area contributed by atoms with Crippen molar-refractivity contribution in [3.63, 3.8) is 0 Å². The van der Waals surface area contributed by atoms with Gasteiger partial charge in [0.1, 0.15) is 5.82 Å². The Morgan fingerprint density at radius 3 is 2.85 bits per heavy atom. The molecule has 6 nitrogen and oxygen atoms in total. The predicted molar refractivity (Wildman–Crippen MR) is 106 cm³/mol. The molecule has 4 rings (SSSR count). The molecular formula is C18H15N5OS2. The average molecular weight is 381 g/mol. The Labute approximate surface area is 158 Å². The molecule has 3 aromatic heterocycles. The number of hydrogen-bond acceptors (Lipinski definition) is 7. The summed E-state index contributed by atoms with van der Waals surface area (Å²) in [6, 6.07) is 11.6. The van der Waals surface area contributed by atoms with Crippen LogP contribution in [0.2, 0.25) is 0 Å². The van der Waals surface area contributed by atoms with E-state index in [1.807, 2.05) is 48.7 Å². The molecule has 1 amide bonds. The van der Waals surface area contributed by atoms with E-state index >= 15 is 0 Å². The summed E-state index contributed by atoms with van der Waals surface area (Å²) in [5, 5.41) is 9.18. The third-order valence-corrected chi connectivity index (χ3v) is 5.40. The third kappa shape index (κ3) is 3.71. The first-order valence-electron chi connectivity index (χ1n) is 7.96. The Kier molecular flexibility index (Phi) is 4.59. The number of rotatable bonds is 5. The molecule has 0 atom stereocenters. The number of pyridine rings is 1. The van der Waals surface area contributed by atoms with Gasteiger partial charge in [0, 0.05) is 11.6 Å². The zero-order valence-electron chi connectivity index (χ0n) is 13.9. The van der Waals surface area contributed by atoms with E-state index in [0.717, 1.165) is 21.6 Å². The number of para-hydroxylation sites is 1. The first-order valence-corrected chi connectivity index (χ1v) is 9.65. The number of hydrogen-bond donors (Lipinski definition) is 2. The van der Waals surface area contributed by atoms with Gasteiger partial charge in [0.05, 0.1) is 22.3 Å². The molecule has 0 bridgehead atoms. The normalized spacial score (nSPS) is 10.8. The van der Waals surface area contributed by atoms with Crippen molar-refractivity contribution in [2.24, 2.45) is 0 Å². The number of nitrogens with zero attached hydrogens (tertiary/aromatic N) is 3. The van der Waals surface area contributed by atoms with Gasteiger partial charge in [-0.25, -0.2) is 15.0 Å². The van der Waals surface area contributed by atoms with Crippen LogP contribution < -0.4 is 10.6 Å². The topological polar surface area (TPSA) is 79.8 Å². The van der Waals surface area contributed by atoms with Crippen LogP contribution in [0.3, 0.4) is 0 Å². The van der Waals surface area contributed by atoms with Gasteiger partial charge in [-0.2, -0.15) is 0 Å². The van der Waals surface area contributed by atoms with Gasteiger partial charge in [-0.15, -0.1) is 11.3 Å². The fraction of sp³-hybridized carbons (Fsp3) is 0.111. The van der Waals surface area contributed by atoms with Gasteiger partial charge in [-0.3, -0.25) is 4.79 Å². The second-order valence-electron chi connectivity index (χ2n) is 5.65. The maximum absolute atomic E-state index is 12.3. The van der Waals surface area contributed by atoms with Crippen LogP contribution in [0.1, 0.15) is 11.3 Å². The Morgan fingerprint density at radius 1 is 1.12 bits per heavy atom. The summed E-state index contributed by atoms with van der Waals surface area (Å²) in [6.07, 6.45) is 1.92. The number of benzene rings is 1.